The SMILES string of the molecule is Cc1nc(C2CN(Cc3cn(CC4CC4)nn3)CCO2)n[nH]1. The highest BCUT2D eigenvalue weighted by Crippen LogP contribution is 2.30. The van der Waals surface area contributed by atoms with E-state index in [0.29, 0.717) is 6.61 Å². The molecule has 2 aliphatic rings. The molecule has 0 radical (unpaired) electrons. The molecule has 22 heavy (non-hydrogen) atoms. The third-order valence-corrected chi connectivity index (χ3v) is 4.17. The minimum absolute atomic E-state index is 0.0693. The number of morpholine rings is 1. The lowest BCUT2D eigenvalue weighted by Crippen LogP contribution is -2.38. The fraction of sp³-hybridized carbons (Fsp3) is 0.714. The van der Waals surface area contributed by atoms with E-state index in [1.54, 1.807) is 0 Å². The van der Waals surface area contributed by atoms with Crippen molar-refractivity contribution in [2.45, 2.75) is 39.0 Å². The molecular formula is C14H21N7O. The maximum absolute atomic E-state index is 5.78. The van der Waals surface area contributed by atoms with Crippen LogP contribution in [0.1, 0.15) is 36.3 Å². The lowest BCUT2D eigenvalue weighted by Gasteiger charge is -2.30. The summed E-state index contributed by atoms with van der Waals surface area (Å²) < 4.78 is 7.76. The quantitative estimate of drug-likeness (QED) is 0.874. The van der Waals surface area contributed by atoms with Gasteiger partial charge >= 0.3 is 0 Å². The molecule has 0 bridgehead atoms. The minimum atomic E-state index is -0.0693. The van der Waals surface area contributed by atoms with Crippen LogP contribution in [0.25, 0.3) is 0 Å². The second kappa shape index (κ2) is 5.77. The molecule has 1 saturated carbocycles. The van der Waals surface area contributed by atoms with E-state index >= 15 is 0 Å². The molecule has 4 rings (SSSR count). The monoisotopic (exact) mass is 303 g/mol. The number of rotatable bonds is 5. The van der Waals surface area contributed by atoms with Crippen LogP contribution in [0, 0.1) is 12.8 Å². The van der Waals surface area contributed by atoms with Crippen LogP contribution in [0.15, 0.2) is 6.20 Å². The van der Waals surface area contributed by atoms with E-state index < -0.39 is 0 Å². The van der Waals surface area contributed by atoms with Crippen molar-refractivity contribution in [2.24, 2.45) is 5.92 Å². The van der Waals surface area contributed by atoms with Crippen molar-refractivity contribution in [3.8, 4) is 0 Å². The molecule has 1 N–H and O–H groups in total. The molecule has 1 aliphatic heterocycles. The number of aryl methyl sites for hydroxylation is 1. The Hall–Kier alpha value is -1.80. The van der Waals surface area contributed by atoms with Crippen LogP contribution >= 0.6 is 0 Å². The van der Waals surface area contributed by atoms with E-state index in [4.69, 9.17) is 4.74 Å². The zero-order chi connectivity index (χ0) is 14.9. The topological polar surface area (TPSA) is 84.8 Å². The molecule has 0 spiro atoms. The van der Waals surface area contributed by atoms with Gasteiger partial charge in [0.2, 0.25) is 0 Å². The lowest BCUT2D eigenvalue weighted by atomic mass is 10.2. The summed E-state index contributed by atoms with van der Waals surface area (Å²) in [6, 6.07) is 0. The van der Waals surface area contributed by atoms with Crippen LogP contribution in [0.2, 0.25) is 0 Å². The van der Waals surface area contributed by atoms with Gasteiger partial charge in [0.05, 0.1) is 12.3 Å². The van der Waals surface area contributed by atoms with Crippen LogP contribution < -0.4 is 0 Å². The number of aromatic nitrogens is 6. The Morgan fingerprint density at radius 2 is 2.32 bits per heavy atom. The third-order valence-electron chi connectivity index (χ3n) is 4.17. The van der Waals surface area contributed by atoms with Crippen molar-refractivity contribution in [3.05, 3.63) is 23.5 Å². The van der Waals surface area contributed by atoms with Crippen molar-refractivity contribution in [1.82, 2.24) is 35.1 Å². The second-order valence-corrected chi connectivity index (χ2v) is 6.25. The highest BCUT2D eigenvalue weighted by Gasteiger charge is 2.26. The fourth-order valence-corrected chi connectivity index (χ4v) is 2.80. The fourth-order valence-electron chi connectivity index (χ4n) is 2.80. The predicted octanol–water partition coefficient (Wildman–Crippen LogP) is 0.688. The van der Waals surface area contributed by atoms with Crippen molar-refractivity contribution in [3.63, 3.8) is 0 Å². The van der Waals surface area contributed by atoms with Gasteiger partial charge in [-0.2, -0.15) is 5.10 Å². The number of hydrogen-bond donors (Lipinski definition) is 1. The third kappa shape index (κ3) is 3.17. The molecule has 0 amide bonds. The van der Waals surface area contributed by atoms with Crippen LogP contribution in [-0.2, 0) is 17.8 Å². The van der Waals surface area contributed by atoms with Gasteiger partial charge in [0, 0.05) is 32.4 Å². The Kier molecular flexibility index (Phi) is 3.63. The van der Waals surface area contributed by atoms with Gasteiger partial charge in [-0.1, -0.05) is 5.21 Å². The molecule has 1 aliphatic carbocycles. The number of ether oxygens (including phenoxy) is 1. The maximum atomic E-state index is 5.78. The second-order valence-electron chi connectivity index (χ2n) is 6.25. The number of nitrogens with one attached hydrogen (secondary N) is 1. The van der Waals surface area contributed by atoms with E-state index in [2.05, 4.69) is 36.6 Å². The molecule has 1 unspecified atom stereocenters. The predicted molar refractivity (Wildman–Crippen MR) is 77.8 cm³/mol. The largest absolute Gasteiger partial charge is 0.367 e. The first kappa shape index (κ1) is 13.8. The van der Waals surface area contributed by atoms with E-state index in [-0.39, 0.29) is 6.10 Å². The zero-order valence-corrected chi connectivity index (χ0v) is 12.8. The Labute approximate surface area is 128 Å². The summed E-state index contributed by atoms with van der Waals surface area (Å²) in [5, 5.41) is 15.6. The summed E-state index contributed by atoms with van der Waals surface area (Å²) in [6.45, 7) is 6.08. The van der Waals surface area contributed by atoms with Crippen LogP contribution in [0.5, 0.6) is 0 Å². The van der Waals surface area contributed by atoms with Gasteiger partial charge in [-0.05, 0) is 25.7 Å². The Balaban J connectivity index is 1.36. The molecule has 0 aromatic carbocycles. The molecule has 8 nitrogen and oxygen atoms in total. The highest BCUT2D eigenvalue weighted by atomic mass is 16.5. The molecule has 2 aromatic rings. The number of aromatic amines is 1. The average molecular weight is 303 g/mol. The van der Waals surface area contributed by atoms with E-state index in [0.717, 1.165) is 49.4 Å². The van der Waals surface area contributed by atoms with Crippen molar-refractivity contribution >= 4 is 0 Å². The van der Waals surface area contributed by atoms with Crippen molar-refractivity contribution in [1.29, 1.82) is 0 Å². The molecule has 118 valence electrons. The van der Waals surface area contributed by atoms with Crippen LogP contribution in [0.3, 0.4) is 0 Å². The first-order valence-electron chi connectivity index (χ1n) is 7.88. The van der Waals surface area contributed by atoms with Crippen LogP contribution in [0.4, 0.5) is 0 Å². The van der Waals surface area contributed by atoms with Gasteiger partial charge in [0.1, 0.15) is 11.9 Å². The minimum Gasteiger partial charge on any atom is -0.367 e. The number of H-pyrrole nitrogens is 1. The summed E-state index contributed by atoms with van der Waals surface area (Å²) in [5.41, 5.74) is 1.02. The smallest absolute Gasteiger partial charge is 0.180 e. The Bertz CT molecular complexity index is 633. The molecular weight excluding hydrogens is 282 g/mol. The number of hydrogen-bond acceptors (Lipinski definition) is 6. The van der Waals surface area contributed by atoms with E-state index in [1.165, 1.54) is 12.8 Å². The molecule has 3 heterocycles. The summed E-state index contributed by atoms with van der Waals surface area (Å²) in [6.07, 6.45) is 4.66. The normalized spacial score (nSPS) is 23.0. The van der Waals surface area contributed by atoms with Gasteiger partial charge in [0.15, 0.2) is 5.82 Å². The number of nitrogens with zero attached hydrogens (tertiary/aromatic N) is 6. The van der Waals surface area contributed by atoms with Crippen LogP contribution in [-0.4, -0.2) is 54.8 Å². The Morgan fingerprint density at radius 1 is 1.41 bits per heavy atom. The van der Waals surface area contributed by atoms with Crippen molar-refractivity contribution in [2.75, 3.05) is 19.7 Å². The first-order valence-corrected chi connectivity index (χ1v) is 7.88. The maximum Gasteiger partial charge on any atom is 0.180 e. The zero-order valence-electron chi connectivity index (χ0n) is 12.8. The van der Waals surface area contributed by atoms with Gasteiger partial charge < -0.3 is 4.74 Å². The van der Waals surface area contributed by atoms with Gasteiger partial charge in [-0.3, -0.25) is 14.7 Å². The molecule has 2 aromatic heterocycles. The van der Waals surface area contributed by atoms with Crippen molar-refractivity contribution < 1.29 is 4.74 Å². The highest BCUT2D eigenvalue weighted by molar-refractivity contribution is 4.98. The molecule has 2 fully saturated rings. The summed E-state index contributed by atoms with van der Waals surface area (Å²) in [5.74, 6) is 2.37. The molecule has 1 atom stereocenters. The van der Waals surface area contributed by atoms with Gasteiger partial charge in [-0.25, -0.2) is 4.98 Å². The first-order chi connectivity index (χ1) is 10.8. The molecule has 8 heteroatoms. The van der Waals surface area contributed by atoms with Gasteiger partial charge in [-0.15, -0.1) is 5.10 Å². The summed E-state index contributed by atoms with van der Waals surface area (Å²) in [4.78, 5) is 6.69. The average Bonchev–Trinajstić information content (AvgIpc) is 3.04. The van der Waals surface area contributed by atoms with E-state index in [1.807, 2.05) is 11.6 Å². The Morgan fingerprint density at radius 3 is 3.09 bits per heavy atom. The van der Waals surface area contributed by atoms with E-state index in [9.17, 15) is 0 Å². The van der Waals surface area contributed by atoms with Gasteiger partial charge in [0.25, 0.3) is 0 Å². The molecule has 1 saturated heterocycles. The lowest BCUT2D eigenvalue weighted by molar-refractivity contribution is -0.0374. The summed E-state index contributed by atoms with van der Waals surface area (Å²) >= 11 is 0. The standard InChI is InChI=1S/C14H21N7O/c1-10-15-14(18-16-10)13-9-20(4-5-22-13)7-12-8-21(19-17-12)6-11-2-3-11/h8,11,13H,2-7,9H2,1H3,(H,15,16,18). The summed E-state index contributed by atoms with van der Waals surface area (Å²) in [7, 11) is 0.